The summed E-state index contributed by atoms with van der Waals surface area (Å²) in [6.45, 7) is 3.61. The van der Waals surface area contributed by atoms with Gasteiger partial charge < -0.3 is 10.6 Å². The van der Waals surface area contributed by atoms with Crippen molar-refractivity contribution in [3.05, 3.63) is 30.0 Å². The molecular weight excluding hydrogens is 252 g/mol. The van der Waals surface area contributed by atoms with Gasteiger partial charge in [0, 0.05) is 30.1 Å². The van der Waals surface area contributed by atoms with Gasteiger partial charge in [0.1, 0.15) is 0 Å². The van der Waals surface area contributed by atoms with Gasteiger partial charge in [-0.15, -0.1) is 0 Å². The lowest BCUT2D eigenvalue weighted by Crippen LogP contribution is -2.45. The second kappa shape index (κ2) is 5.25. The van der Waals surface area contributed by atoms with Crippen molar-refractivity contribution in [1.29, 1.82) is 0 Å². The molecule has 0 radical (unpaired) electrons. The van der Waals surface area contributed by atoms with E-state index in [1.54, 1.807) is 6.20 Å². The third kappa shape index (κ3) is 2.41. The van der Waals surface area contributed by atoms with Crippen molar-refractivity contribution < 1.29 is 4.79 Å². The quantitative estimate of drug-likeness (QED) is 0.874. The zero-order valence-electron chi connectivity index (χ0n) is 11.7. The Hall–Kier alpha value is -1.88. The number of hydrogen-bond donors (Lipinski definition) is 2. The third-order valence-corrected chi connectivity index (χ3v) is 4.18. The van der Waals surface area contributed by atoms with E-state index in [4.69, 9.17) is 5.73 Å². The second-order valence-electron chi connectivity index (χ2n) is 5.68. The lowest BCUT2D eigenvalue weighted by atomic mass is 9.92. The van der Waals surface area contributed by atoms with E-state index in [9.17, 15) is 4.79 Å². The highest BCUT2D eigenvalue weighted by molar-refractivity contribution is 5.97. The number of nitrogens with two attached hydrogens (primary N) is 1. The topological polar surface area (TPSA) is 75.0 Å². The van der Waals surface area contributed by atoms with Crippen LogP contribution in [0, 0.1) is 5.92 Å². The van der Waals surface area contributed by atoms with Crippen LogP contribution in [0.1, 0.15) is 30.1 Å². The normalized spacial score (nSPS) is 21.1. The van der Waals surface area contributed by atoms with Crippen LogP contribution in [-0.2, 0) is 0 Å². The molecule has 0 unspecified atom stereocenters. The number of carbonyl (C=O) groups is 1. The molecule has 3 N–H and O–H groups in total. The number of likely N-dealkylation sites (tertiary alicyclic amines) is 1. The van der Waals surface area contributed by atoms with E-state index in [0.29, 0.717) is 5.92 Å². The summed E-state index contributed by atoms with van der Waals surface area (Å²) in [5, 5.41) is 7.85. The number of H-pyrrole nitrogens is 1. The zero-order chi connectivity index (χ0) is 14.1. The van der Waals surface area contributed by atoms with Crippen molar-refractivity contribution >= 4 is 16.8 Å². The average Bonchev–Trinajstić information content (AvgIpc) is 2.94. The molecule has 106 valence electrons. The Kier molecular flexibility index (Phi) is 3.44. The van der Waals surface area contributed by atoms with Crippen LogP contribution in [0.25, 0.3) is 10.9 Å². The van der Waals surface area contributed by atoms with Crippen LogP contribution >= 0.6 is 0 Å². The molecule has 0 saturated carbocycles. The molecule has 0 spiro atoms. The number of amides is 1. The Balaban J connectivity index is 1.80. The van der Waals surface area contributed by atoms with Gasteiger partial charge in [-0.25, -0.2) is 0 Å². The average molecular weight is 272 g/mol. The molecule has 5 heteroatoms. The molecule has 1 saturated heterocycles. The van der Waals surface area contributed by atoms with Gasteiger partial charge in [0.25, 0.3) is 5.91 Å². The number of nitrogens with zero attached hydrogens (tertiary/aromatic N) is 2. The van der Waals surface area contributed by atoms with Crippen LogP contribution in [0.3, 0.4) is 0 Å². The van der Waals surface area contributed by atoms with Gasteiger partial charge in [-0.2, -0.15) is 5.10 Å². The molecule has 1 aliphatic rings. The van der Waals surface area contributed by atoms with E-state index in [2.05, 4.69) is 10.2 Å². The standard InChI is InChI=1S/C15H20N4O/c1-10(16)12-3-2-6-19(9-12)15(20)11-4-5-14-13(7-11)8-17-18-14/h4-5,7-8,10,12H,2-3,6,9,16H2,1H3,(H,17,18)/t10-,12-/m1/s1. The van der Waals surface area contributed by atoms with Crippen LogP contribution in [-0.4, -0.2) is 40.1 Å². The molecule has 1 aromatic heterocycles. The Morgan fingerprint density at radius 3 is 3.20 bits per heavy atom. The van der Waals surface area contributed by atoms with Gasteiger partial charge in [-0.3, -0.25) is 9.89 Å². The van der Waals surface area contributed by atoms with E-state index in [0.717, 1.165) is 42.4 Å². The van der Waals surface area contributed by atoms with Gasteiger partial charge in [0.15, 0.2) is 0 Å². The number of carbonyl (C=O) groups excluding carboxylic acids is 1. The second-order valence-corrected chi connectivity index (χ2v) is 5.68. The van der Waals surface area contributed by atoms with Crippen molar-refractivity contribution in [3.8, 4) is 0 Å². The number of piperidine rings is 1. The third-order valence-electron chi connectivity index (χ3n) is 4.18. The first kappa shape index (κ1) is 13.1. The van der Waals surface area contributed by atoms with Crippen molar-refractivity contribution in [1.82, 2.24) is 15.1 Å². The fraction of sp³-hybridized carbons (Fsp3) is 0.467. The van der Waals surface area contributed by atoms with Crippen LogP contribution in [0.2, 0.25) is 0 Å². The monoisotopic (exact) mass is 272 g/mol. The van der Waals surface area contributed by atoms with E-state index in [1.165, 1.54) is 0 Å². The van der Waals surface area contributed by atoms with Crippen molar-refractivity contribution in [2.45, 2.75) is 25.8 Å². The van der Waals surface area contributed by atoms with Gasteiger partial charge in [-0.05, 0) is 43.9 Å². The number of rotatable bonds is 2. The van der Waals surface area contributed by atoms with Crippen LogP contribution in [0.4, 0.5) is 0 Å². The lowest BCUT2D eigenvalue weighted by Gasteiger charge is -2.34. The molecule has 2 heterocycles. The Bertz CT molecular complexity index is 619. The maximum Gasteiger partial charge on any atom is 0.253 e. The summed E-state index contributed by atoms with van der Waals surface area (Å²) in [6.07, 6.45) is 3.89. The highest BCUT2D eigenvalue weighted by Crippen LogP contribution is 2.21. The SMILES string of the molecule is C[C@@H](N)[C@@H]1CCCN(C(=O)c2ccc3[nH]ncc3c2)C1. The van der Waals surface area contributed by atoms with Crippen molar-refractivity contribution in [2.75, 3.05) is 13.1 Å². The molecule has 1 fully saturated rings. The number of hydrogen-bond acceptors (Lipinski definition) is 3. The Morgan fingerprint density at radius 1 is 1.55 bits per heavy atom. The van der Waals surface area contributed by atoms with Gasteiger partial charge in [-0.1, -0.05) is 0 Å². The molecule has 1 aromatic carbocycles. The first-order valence-corrected chi connectivity index (χ1v) is 7.13. The summed E-state index contributed by atoms with van der Waals surface area (Å²) in [6, 6.07) is 5.80. The fourth-order valence-electron chi connectivity index (χ4n) is 2.88. The molecule has 3 rings (SSSR count). The van der Waals surface area contributed by atoms with E-state index < -0.39 is 0 Å². The molecule has 5 nitrogen and oxygen atoms in total. The van der Waals surface area contributed by atoms with E-state index in [1.807, 2.05) is 30.0 Å². The predicted octanol–water partition coefficient (Wildman–Crippen LogP) is 1.76. The summed E-state index contributed by atoms with van der Waals surface area (Å²) in [5.74, 6) is 0.504. The highest BCUT2D eigenvalue weighted by Gasteiger charge is 2.26. The molecule has 0 bridgehead atoms. The predicted molar refractivity (Wildman–Crippen MR) is 78.4 cm³/mol. The number of aromatic amines is 1. The molecule has 1 aliphatic heterocycles. The minimum atomic E-state index is 0.0958. The Morgan fingerprint density at radius 2 is 2.40 bits per heavy atom. The largest absolute Gasteiger partial charge is 0.338 e. The van der Waals surface area contributed by atoms with Crippen LogP contribution in [0.15, 0.2) is 24.4 Å². The first-order chi connectivity index (χ1) is 9.65. The minimum absolute atomic E-state index is 0.0958. The smallest absolute Gasteiger partial charge is 0.253 e. The molecule has 1 amide bonds. The summed E-state index contributed by atoms with van der Waals surface area (Å²) in [5.41, 5.74) is 7.66. The van der Waals surface area contributed by atoms with Crippen molar-refractivity contribution in [3.63, 3.8) is 0 Å². The number of nitrogens with one attached hydrogen (secondary N) is 1. The first-order valence-electron chi connectivity index (χ1n) is 7.13. The summed E-state index contributed by atoms with van der Waals surface area (Å²) >= 11 is 0. The summed E-state index contributed by atoms with van der Waals surface area (Å²) in [7, 11) is 0. The summed E-state index contributed by atoms with van der Waals surface area (Å²) in [4.78, 5) is 14.5. The fourth-order valence-corrected chi connectivity index (χ4v) is 2.88. The molecule has 20 heavy (non-hydrogen) atoms. The van der Waals surface area contributed by atoms with Crippen LogP contribution < -0.4 is 5.73 Å². The van der Waals surface area contributed by atoms with Gasteiger partial charge in [0.05, 0.1) is 11.7 Å². The number of aromatic nitrogens is 2. The van der Waals surface area contributed by atoms with Crippen LogP contribution in [0.5, 0.6) is 0 Å². The zero-order valence-corrected chi connectivity index (χ0v) is 11.7. The van der Waals surface area contributed by atoms with E-state index in [-0.39, 0.29) is 11.9 Å². The maximum atomic E-state index is 12.6. The minimum Gasteiger partial charge on any atom is -0.338 e. The number of fused-ring (bicyclic) bond motifs is 1. The maximum absolute atomic E-state index is 12.6. The number of benzene rings is 1. The molecule has 2 aromatic rings. The van der Waals surface area contributed by atoms with Crippen molar-refractivity contribution in [2.24, 2.45) is 11.7 Å². The highest BCUT2D eigenvalue weighted by atomic mass is 16.2. The summed E-state index contributed by atoms with van der Waals surface area (Å²) < 4.78 is 0. The Labute approximate surface area is 118 Å². The van der Waals surface area contributed by atoms with E-state index >= 15 is 0 Å². The molecular formula is C15H20N4O. The molecule has 2 atom stereocenters. The molecule has 0 aliphatic carbocycles. The lowest BCUT2D eigenvalue weighted by molar-refractivity contribution is 0.0661. The van der Waals surface area contributed by atoms with Gasteiger partial charge >= 0.3 is 0 Å². The van der Waals surface area contributed by atoms with Gasteiger partial charge in [0.2, 0.25) is 0 Å².